The molecule has 4 nitrogen and oxygen atoms in total. The van der Waals surface area contributed by atoms with Crippen molar-refractivity contribution in [3.63, 3.8) is 0 Å². The summed E-state index contributed by atoms with van der Waals surface area (Å²) in [7, 11) is 0. The van der Waals surface area contributed by atoms with Gasteiger partial charge in [-0.3, -0.25) is 5.43 Å². The average molecular weight is 218 g/mol. The van der Waals surface area contributed by atoms with Crippen molar-refractivity contribution in [2.45, 2.75) is 19.6 Å². The molecule has 0 saturated heterocycles. The highest BCUT2D eigenvalue weighted by molar-refractivity contribution is 7.98. The Bertz CT molecular complexity index is 248. The molecule has 0 radical (unpaired) electrons. The van der Waals surface area contributed by atoms with Crippen LogP contribution >= 0.6 is 23.1 Å². The molecule has 0 amide bonds. The molecule has 3 N–H and O–H groups in total. The van der Waals surface area contributed by atoms with Gasteiger partial charge < -0.3 is 0 Å². The number of thioether (sulfide) groups is 1. The Morgan fingerprint density at radius 3 is 2.85 bits per heavy atom. The van der Waals surface area contributed by atoms with E-state index in [0.29, 0.717) is 5.13 Å². The van der Waals surface area contributed by atoms with Gasteiger partial charge in [-0.05, 0) is 11.7 Å². The summed E-state index contributed by atoms with van der Waals surface area (Å²) >= 11 is 3.38. The van der Waals surface area contributed by atoms with E-state index < -0.39 is 0 Å². The van der Waals surface area contributed by atoms with Crippen molar-refractivity contribution < 1.29 is 0 Å². The average Bonchev–Trinajstić information content (AvgIpc) is 2.52. The van der Waals surface area contributed by atoms with Gasteiger partial charge in [-0.25, -0.2) is 5.84 Å². The van der Waals surface area contributed by atoms with Crippen molar-refractivity contribution in [1.29, 1.82) is 0 Å². The maximum atomic E-state index is 5.19. The molecule has 0 spiro atoms. The number of nitrogen functional groups attached to an aromatic ring is 1. The van der Waals surface area contributed by atoms with Crippen LogP contribution in [0, 0.1) is 5.92 Å². The van der Waals surface area contributed by atoms with E-state index in [4.69, 9.17) is 5.84 Å². The minimum atomic E-state index is 0.681. The Labute approximate surface area is 86.3 Å². The first-order valence-corrected chi connectivity index (χ1v) is 6.06. The van der Waals surface area contributed by atoms with Crippen LogP contribution in [0.5, 0.6) is 0 Å². The van der Waals surface area contributed by atoms with Gasteiger partial charge in [0, 0.05) is 5.75 Å². The Morgan fingerprint density at radius 1 is 1.54 bits per heavy atom. The highest BCUT2D eigenvalue weighted by Crippen LogP contribution is 2.20. The summed E-state index contributed by atoms with van der Waals surface area (Å²) in [5.41, 5.74) is 2.48. The van der Waals surface area contributed by atoms with E-state index in [2.05, 4.69) is 29.5 Å². The fraction of sp³-hybridized carbons (Fsp3) is 0.714. The van der Waals surface area contributed by atoms with Crippen molar-refractivity contribution in [2.75, 3.05) is 11.2 Å². The number of hydrazine groups is 1. The summed E-state index contributed by atoms with van der Waals surface area (Å²) in [6, 6.07) is 0. The number of rotatable bonds is 5. The number of nitrogens with one attached hydrogen (secondary N) is 1. The SMILES string of the molecule is CC(C)CSCc1nnc(NN)s1. The molecule has 0 aliphatic heterocycles. The predicted molar refractivity (Wildman–Crippen MR) is 58.7 cm³/mol. The third-order valence-corrected chi connectivity index (χ3v) is 3.68. The topological polar surface area (TPSA) is 63.8 Å². The van der Waals surface area contributed by atoms with Crippen molar-refractivity contribution in [2.24, 2.45) is 11.8 Å². The van der Waals surface area contributed by atoms with E-state index in [9.17, 15) is 0 Å². The monoisotopic (exact) mass is 218 g/mol. The second-order valence-electron chi connectivity index (χ2n) is 3.05. The summed E-state index contributed by atoms with van der Waals surface area (Å²) in [5, 5.41) is 9.55. The zero-order valence-corrected chi connectivity index (χ0v) is 9.41. The maximum absolute atomic E-state index is 5.19. The van der Waals surface area contributed by atoms with Crippen LogP contribution < -0.4 is 11.3 Å². The number of anilines is 1. The lowest BCUT2D eigenvalue weighted by atomic mass is 10.3. The standard InChI is InChI=1S/C7H14N4S2/c1-5(2)3-12-4-6-10-11-7(9-8)13-6/h5H,3-4,8H2,1-2H3,(H,9,11). The molecule has 0 aromatic carbocycles. The first-order valence-electron chi connectivity index (χ1n) is 4.09. The zero-order chi connectivity index (χ0) is 9.68. The smallest absolute Gasteiger partial charge is 0.219 e. The molecule has 1 aromatic rings. The van der Waals surface area contributed by atoms with Gasteiger partial charge in [-0.1, -0.05) is 25.2 Å². The van der Waals surface area contributed by atoms with Crippen LogP contribution in [0.1, 0.15) is 18.9 Å². The molecular formula is C7H14N4S2. The normalized spacial score (nSPS) is 10.8. The lowest BCUT2D eigenvalue weighted by molar-refractivity contribution is 0.750. The fourth-order valence-corrected chi connectivity index (χ4v) is 2.50. The van der Waals surface area contributed by atoms with Crippen LogP contribution in [0.25, 0.3) is 0 Å². The van der Waals surface area contributed by atoms with Gasteiger partial charge in [-0.15, -0.1) is 10.2 Å². The molecule has 0 aliphatic rings. The molecule has 6 heteroatoms. The Balaban J connectivity index is 2.28. The van der Waals surface area contributed by atoms with Crippen LogP contribution in [0.2, 0.25) is 0 Å². The van der Waals surface area contributed by atoms with Gasteiger partial charge in [0.15, 0.2) is 0 Å². The molecular weight excluding hydrogens is 204 g/mol. The molecule has 1 aromatic heterocycles. The largest absolute Gasteiger partial charge is 0.298 e. The van der Waals surface area contributed by atoms with Crippen molar-refractivity contribution >= 4 is 28.2 Å². The van der Waals surface area contributed by atoms with Crippen LogP contribution in [-0.2, 0) is 5.75 Å². The third kappa shape index (κ3) is 3.93. The van der Waals surface area contributed by atoms with E-state index in [0.717, 1.165) is 22.4 Å². The van der Waals surface area contributed by atoms with Gasteiger partial charge in [0.05, 0.1) is 0 Å². The summed E-state index contributed by atoms with van der Waals surface area (Å²) < 4.78 is 0. The number of hydrogen-bond donors (Lipinski definition) is 2. The van der Waals surface area contributed by atoms with E-state index in [1.807, 2.05) is 11.8 Å². The minimum Gasteiger partial charge on any atom is -0.298 e. The van der Waals surface area contributed by atoms with Gasteiger partial charge >= 0.3 is 0 Å². The summed E-state index contributed by atoms with van der Waals surface area (Å²) in [6.07, 6.45) is 0. The second kappa shape index (κ2) is 5.41. The number of aromatic nitrogens is 2. The summed E-state index contributed by atoms with van der Waals surface area (Å²) in [4.78, 5) is 0. The molecule has 0 bridgehead atoms. The number of nitrogens with two attached hydrogens (primary N) is 1. The van der Waals surface area contributed by atoms with E-state index in [1.165, 1.54) is 11.3 Å². The molecule has 0 unspecified atom stereocenters. The van der Waals surface area contributed by atoms with Crippen LogP contribution in [0.15, 0.2) is 0 Å². The van der Waals surface area contributed by atoms with Gasteiger partial charge in [0.2, 0.25) is 5.13 Å². The molecule has 0 fully saturated rings. The highest BCUT2D eigenvalue weighted by Gasteiger charge is 2.02. The lowest BCUT2D eigenvalue weighted by Gasteiger charge is -2.00. The summed E-state index contributed by atoms with van der Waals surface area (Å²) in [6.45, 7) is 4.42. The quantitative estimate of drug-likeness (QED) is 0.582. The van der Waals surface area contributed by atoms with Gasteiger partial charge in [0.25, 0.3) is 0 Å². The van der Waals surface area contributed by atoms with E-state index >= 15 is 0 Å². The second-order valence-corrected chi connectivity index (χ2v) is 5.15. The Hall–Kier alpha value is -0.330. The fourth-order valence-electron chi connectivity index (χ4n) is 0.752. The van der Waals surface area contributed by atoms with Crippen LogP contribution in [0.4, 0.5) is 5.13 Å². The van der Waals surface area contributed by atoms with Crippen LogP contribution in [-0.4, -0.2) is 16.0 Å². The molecule has 0 aliphatic carbocycles. The molecule has 1 rings (SSSR count). The number of nitrogens with zero attached hydrogens (tertiary/aromatic N) is 2. The predicted octanol–water partition coefficient (Wildman–Crippen LogP) is 1.71. The maximum Gasteiger partial charge on any atom is 0.219 e. The molecule has 1 heterocycles. The van der Waals surface area contributed by atoms with Gasteiger partial charge in [0.1, 0.15) is 5.01 Å². The van der Waals surface area contributed by atoms with Crippen molar-refractivity contribution in [3.05, 3.63) is 5.01 Å². The van der Waals surface area contributed by atoms with E-state index in [-0.39, 0.29) is 0 Å². The molecule has 0 saturated carbocycles. The Morgan fingerprint density at radius 2 is 2.31 bits per heavy atom. The molecule has 0 atom stereocenters. The highest BCUT2D eigenvalue weighted by atomic mass is 32.2. The first-order chi connectivity index (χ1) is 6.22. The number of hydrogen-bond acceptors (Lipinski definition) is 6. The first kappa shape index (κ1) is 10.7. The Kier molecular flexibility index (Phi) is 4.47. The third-order valence-electron chi connectivity index (χ3n) is 1.27. The van der Waals surface area contributed by atoms with Crippen LogP contribution in [0.3, 0.4) is 0 Å². The minimum absolute atomic E-state index is 0.681. The van der Waals surface area contributed by atoms with Crippen molar-refractivity contribution in [1.82, 2.24) is 10.2 Å². The lowest BCUT2D eigenvalue weighted by Crippen LogP contribution is -2.05. The van der Waals surface area contributed by atoms with Gasteiger partial charge in [-0.2, -0.15) is 11.8 Å². The zero-order valence-electron chi connectivity index (χ0n) is 7.78. The van der Waals surface area contributed by atoms with Crippen molar-refractivity contribution in [3.8, 4) is 0 Å². The van der Waals surface area contributed by atoms with E-state index in [1.54, 1.807) is 0 Å². The molecule has 74 valence electrons. The molecule has 13 heavy (non-hydrogen) atoms. The summed E-state index contributed by atoms with van der Waals surface area (Å²) in [5.74, 6) is 8.00.